The van der Waals surface area contributed by atoms with Crippen LogP contribution in [0, 0.1) is 34.9 Å². The van der Waals surface area contributed by atoms with E-state index in [1.807, 2.05) is 103 Å². The Morgan fingerprint density at radius 3 is 0.767 bits per heavy atom. The number of aliphatic hydroxyl groups is 3. The molecule has 6 unspecified atom stereocenters. The van der Waals surface area contributed by atoms with Crippen LogP contribution in [0.5, 0.6) is 0 Å². The number of nitrogens with one attached hydrogen (secondary N) is 6. The number of benzene rings is 9. The van der Waals surface area contributed by atoms with Gasteiger partial charge in [0, 0.05) is 173 Å². The topological polar surface area (TPSA) is 418 Å². The maximum absolute atomic E-state index is 14.2. The second-order valence-electron chi connectivity index (χ2n) is 36.8. The van der Waals surface area contributed by atoms with Gasteiger partial charge in [-0.05, 0) is 189 Å². The van der Waals surface area contributed by atoms with Gasteiger partial charge in [-0.25, -0.2) is 79.5 Å². The van der Waals surface area contributed by atoms with Gasteiger partial charge in [0.2, 0.25) is 47.8 Å². The second-order valence-corrected chi connectivity index (χ2v) is 43.3. The van der Waals surface area contributed by atoms with Crippen LogP contribution in [0.1, 0.15) is 196 Å². The standard InChI is InChI=1S/C37H49F2N5O6S.C36H47F2N5O6S.C35H45F2N5O6S/c1-6-14-43(15-7-2)37(48)29-21-28(22-32(23-29)51(49,50)42(4)5)36(47)40-33(19-27-17-30(38)24-31(39)18-27)34(45)25-44(16-8-3)41-35(46)20-26-12-10-9-11-13-26;1-6-14-42(15-7-2)36(47)28-20-27(21-31(22-28)50(48,49)41(4)5)35(46)39-32(18-26-16-29(37)23-30(38)17-26)33(44)24-43(8-3)40-34(45)19-25-12-10-9-11-13-25;1-6-13-42(14-7-2)35(46)27-19-26(20-30(21-27)49(47,48)40(3)4)34(45)38-31(17-25-15-28(36)22-29(37)16-25)32(43)23-41(5)39-33(44)18-24-11-9-8-10-12-24/h9-13,17-18,21-24,33-34,45H,6-8,14-16,19-20,25H2,1-5H3,(H,40,47)(H,41,46);9-13,16-17,20-23,32-33,44H,6-8,14-15,18-19,24H2,1-5H3,(H,39,46)(H,40,45);8-12,15-16,19-22,31-32,43H,6-7,13-14,17-18,23H2,1-5H3,(H,38,45)(H,39,44). The summed E-state index contributed by atoms with van der Waals surface area (Å²) in [5.74, 6) is -9.96. The summed E-state index contributed by atoms with van der Waals surface area (Å²) in [6.45, 7) is 17.7. The molecular weight excluding hydrogens is 2010 g/mol. The van der Waals surface area contributed by atoms with Crippen LogP contribution in [-0.2, 0) is 83.0 Å². The third kappa shape index (κ3) is 38.9. The number of likely N-dealkylation sites (N-methyl/N-ethyl adjacent to an activating group) is 2. The number of hydrogen-bond acceptors (Lipinski definition) is 21. The zero-order valence-corrected chi connectivity index (χ0v) is 89.9. The normalized spacial score (nSPS) is 12.8. The van der Waals surface area contributed by atoms with Gasteiger partial charge in [-0.1, -0.05) is 146 Å². The summed E-state index contributed by atoms with van der Waals surface area (Å²) >= 11 is 0. The maximum Gasteiger partial charge on any atom is 0.253 e. The van der Waals surface area contributed by atoms with Gasteiger partial charge in [-0.15, -0.1) is 0 Å². The Labute approximate surface area is 876 Å². The molecule has 150 heavy (non-hydrogen) atoms. The summed E-state index contributed by atoms with van der Waals surface area (Å²) in [6, 6.07) is 43.1. The number of carbonyl (C=O) groups excluding carboxylic acids is 9. The van der Waals surface area contributed by atoms with E-state index in [1.165, 1.54) is 101 Å². The Morgan fingerprint density at radius 2 is 0.520 bits per heavy atom. The molecule has 0 spiro atoms. The van der Waals surface area contributed by atoms with Crippen LogP contribution in [-0.4, -0.2) is 294 Å². The molecule has 9 rings (SSSR count). The van der Waals surface area contributed by atoms with Crippen molar-refractivity contribution >= 4 is 83.2 Å². The third-order valence-electron chi connectivity index (χ3n) is 23.5. The summed E-state index contributed by atoms with van der Waals surface area (Å²) in [7, 11) is -2.81. The quantitative estimate of drug-likeness (QED) is 0.0126. The van der Waals surface area contributed by atoms with E-state index in [4.69, 9.17) is 0 Å². The van der Waals surface area contributed by atoms with Crippen LogP contribution in [0.4, 0.5) is 26.3 Å². The molecule has 0 radical (unpaired) electrons. The average molecular weight is 2150 g/mol. The number of nitrogens with zero attached hydrogens (tertiary/aromatic N) is 9. The van der Waals surface area contributed by atoms with Gasteiger partial charge in [0.25, 0.3) is 35.4 Å². The van der Waals surface area contributed by atoms with E-state index < -0.39 is 137 Å². The highest BCUT2D eigenvalue weighted by Crippen LogP contribution is 2.28. The van der Waals surface area contributed by atoms with Crippen LogP contribution >= 0.6 is 0 Å². The minimum absolute atomic E-state index is 0.00970. The molecule has 0 heterocycles. The molecule has 0 bridgehead atoms. The Balaban J connectivity index is 0.000000304. The van der Waals surface area contributed by atoms with Crippen molar-refractivity contribution in [3.8, 4) is 0 Å². The number of rotatable bonds is 54. The minimum atomic E-state index is -4.10. The van der Waals surface area contributed by atoms with Crippen molar-refractivity contribution in [2.24, 2.45) is 0 Å². The van der Waals surface area contributed by atoms with Gasteiger partial charge in [0.1, 0.15) is 34.9 Å². The number of hydrogen-bond donors (Lipinski definition) is 9. The van der Waals surface area contributed by atoms with E-state index in [9.17, 15) is 110 Å². The molecule has 0 aliphatic rings. The van der Waals surface area contributed by atoms with Crippen LogP contribution in [0.15, 0.2) is 215 Å². The number of aliphatic hydroxyl groups excluding tert-OH is 3. The Kier molecular flexibility index (Phi) is 50.0. The number of halogens is 6. The van der Waals surface area contributed by atoms with Gasteiger partial charge in [0.05, 0.1) is 70.4 Å². The lowest BCUT2D eigenvalue weighted by atomic mass is 9.99. The summed E-state index contributed by atoms with van der Waals surface area (Å²) in [4.78, 5) is 125. The molecular formula is C108H141F6N15O18S3. The Hall–Kier alpha value is -12.7. The first-order chi connectivity index (χ1) is 71.0. The lowest BCUT2D eigenvalue weighted by molar-refractivity contribution is -0.126. The summed E-state index contributed by atoms with van der Waals surface area (Å²) in [6.07, 6.45) is -0.0176. The van der Waals surface area contributed by atoms with Crippen molar-refractivity contribution in [2.75, 3.05) is 121 Å². The first-order valence-electron chi connectivity index (χ1n) is 49.6. The van der Waals surface area contributed by atoms with Crippen molar-refractivity contribution in [1.82, 2.24) is 74.9 Å². The van der Waals surface area contributed by atoms with Crippen molar-refractivity contribution in [2.45, 2.75) is 190 Å². The molecule has 0 saturated carbocycles. The molecule has 33 nitrogen and oxygen atoms in total. The first kappa shape index (κ1) is 124. The Morgan fingerprint density at radius 1 is 0.287 bits per heavy atom. The van der Waals surface area contributed by atoms with Crippen LogP contribution in [0.2, 0.25) is 0 Å². The molecule has 0 aromatic heterocycles. The van der Waals surface area contributed by atoms with E-state index in [0.717, 1.165) is 84.2 Å². The van der Waals surface area contributed by atoms with Crippen LogP contribution in [0.3, 0.4) is 0 Å². The summed E-state index contributed by atoms with van der Waals surface area (Å²) < 4.78 is 167. The molecule has 0 aliphatic heterocycles. The van der Waals surface area contributed by atoms with E-state index in [2.05, 4.69) is 32.2 Å². The number of sulfonamides is 3. The van der Waals surface area contributed by atoms with Crippen molar-refractivity contribution in [1.29, 1.82) is 0 Å². The SMILES string of the molecule is CCCN(CC(O)C(Cc1cc(F)cc(F)c1)NC(=O)c1cc(C(=O)N(CCC)CCC)cc(S(=O)(=O)N(C)C)c1)NC(=O)Cc1ccccc1.CCCN(CCC)C(=O)c1cc(C(=O)NC(Cc2cc(F)cc(F)c2)C(O)CN(C)NC(=O)Cc2ccccc2)cc(S(=O)(=O)N(C)C)c1.CCCN(CCC)C(=O)c1cc(C(=O)NC(Cc2cc(F)cc(F)c2)C(O)CN(CC)NC(=O)Cc2ccccc2)cc(S(=O)(=O)N(C)C)c1. The lowest BCUT2D eigenvalue weighted by Crippen LogP contribution is -2.53. The molecule has 0 saturated heterocycles. The van der Waals surface area contributed by atoms with Gasteiger partial charge < -0.3 is 46.0 Å². The minimum Gasteiger partial charge on any atom is -0.390 e. The predicted molar refractivity (Wildman–Crippen MR) is 560 cm³/mol. The molecule has 6 atom stereocenters. The van der Waals surface area contributed by atoms with Gasteiger partial charge in [-0.2, -0.15) is 0 Å². The zero-order chi connectivity index (χ0) is 111. The number of hydrazine groups is 3. The average Bonchev–Trinajstić information content (AvgIpc) is 0.796. The van der Waals surface area contributed by atoms with Gasteiger partial charge in [-0.3, -0.25) is 59.4 Å². The summed E-state index contributed by atoms with van der Waals surface area (Å²) in [5, 5.41) is 46.7. The van der Waals surface area contributed by atoms with E-state index in [0.29, 0.717) is 109 Å². The van der Waals surface area contributed by atoms with Crippen molar-refractivity contribution in [3.63, 3.8) is 0 Å². The van der Waals surface area contributed by atoms with E-state index in [1.54, 1.807) is 58.0 Å². The van der Waals surface area contributed by atoms with Crippen LogP contribution in [0.25, 0.3) is 0 Å². The Bertz CT molecular complexity index is 6300. The fourth-order valence-corrected chi connectivity index (χ4v) is 19.1. The summed E-state index contributed by atoms with van der Waals surface area (Å²) in [5.41, 5.74) is 10.4. The van der Waals surface area contributed by atoms with Crippen LogP contribution < -0.4 is 32.2 Å². The fraction of sp³-hybridized carbons (Fsp3) is 0.417. The van der Waals surface area contributed by atoms with Crippen molar-refractivity contribution in [3.05, 3.63) is 302 Å². The second kappa shape index (κ2) is 60.4. The lowest BCUT2D eigenvalue weighted by Gasteiger charge is -2.30. The zero-order valence-electron chi connectivity index (χ0n) is 87.5. The molecule has 9 amide bonds. The molecule has 0 aliphatic carbocycles. The monoisotopic (exact) mass is 2150 g/mol. The highest BCUT2D eigenvalue weighted by Gasteiger charge is 2.35. The first-order valence-corrected chi connectivity index (χ1v) is 54.0. The molecule has 9 N–H and O–H groups in total. The van der Waals surface area contributed by atoms with E-state index >= 15 is 0 Å². The molecule has 9 aromatic carbocycles. The van der Waals surface area contributed by atoms with Gasteiger partial charge in [0.15, 0.2) is 0 Å². The largest absolute Gasteiger partial charge is 0.390 e. The van der Waals surface area contributed by atoms with E-state index in [-0.39, 0.29) is 147 Å². The molecule has 42 heteroatoms. The molecule has 816 valence electrons. The predicted octanol–water partition coefficient (Wildman–Crippen LogP) is 11.3. The fourth-order valence-electron chi connectivity index (χ4n) is 16.2. The highest BCUT2D eigenvalue weighted by atomic mass is 32.2. The highest BCUT2D eigenvalue weighted by molar-refractivity contribution is 7.89. The maximum atomic E-state index is 14.2. The van der Waals surface area contributed by atoms with Gasteiger partial charge >= 0.3 is 0 Å². The molecule has 9 aromatic rings. The molecule has 0 fully saturated rings. The number of carbonyl (C=O) groups is 9. The number of amides is 9. The smallest absolute Gasteiger partial charge is 0.253 e. The third-order valence-corrected chi connectivity index (χ3v) is 28.9. The van der Waals surface area contributed by atoms with Crippen molar-refractivity contribution < 1.29 is 110 Å².